The lowest BCUT2D eigenvalue weighted by atomic mass is 9.45. The zero-order valence-corrected chi connectivity index (χ0v) is 15.9. The van der Waals surface area contributed by atoms with Gasteiger partial charge in [-0.15, -0.1) is 0 Å². The lowest BCUT2D eigenvalue weighted by Gasteiger charge is -2.61. The molecule has 0 aliphatic heterocycles. The Bertz CT molecular complexity index is 784. The van der Waals surface area contributed by atoms with E-state index in [4.69, 9.17) is 16.3 Å². The van der Waals surface area contributed by atoms with Gasteiger partial charge in [0, 0.05) is 6.26 Å². The third kappa shape index (κ3) is 2.86. The summed E-state index contributed by atoms with van der Waals surface area (Å²) in [6, 6.07) is 4.13. The van der Waals surface area contributed by atoms with Crippen LogP contribution in [0.2, 0.25) is 5.02 Å². The van der Waals surface area contributed by atoms with Gasteiger partial charge in [0.2, 0.25) is 0 Å². The first-order valence-corrected chi connectivity index (χ1v) is 10.5. The maximum Gasteiger partial charge on any atom is 0.339 e. The summed E-state index contributed by atoms with van der Waals surface area (Å²) in [6.07, 6.45) is 3.03. The van der Waals surface area contributed by atoms with Crippen molar-refractivity contribution < 1.29 is 17.9 Å². The van der Waals surface area contributed by atoms with Crippen molar-refractivity contribution in [2.75, 3.05) is 6.26 Å². The van der Waals surface area contributed by atoms with Gasteiger partial charge in [-0.1, -0.05) is 32.4 Å². The normalized spacial score (nSPS) is 31.2. The van der Waals surface area contributed by atoms with Gasteiger partial charge in [-0.3, -0.25) is 0 Å². The molecule has 24 heavy (non-hydrogen) atoms. The van der Waals surface area contributed by atoms with Crippen molar-refractivity contribution in [3.05, 3.63) is 28.8 Å². The van der Waals surface area contributed by atoms with Crippen molar-refractivity contribution in [1.29, 1.82) is 0 Å². The highest BCUT2D eigenvalue weighted by atomic mass is 35.5. The molecule has 6 heteroatoms. The summed E-state index contributed by atoms with van der Waals surface area (Å²) in [6.45, 7) is 6.70. The molecule has 4 rings (SSSR count). The highest BCUT2D eigenvalue weighted by Gasteiger charge is 2.57. The summed E-state index contributed by atoms with van der Waals surface area (Å²) in [5, 5.41) is 0.210. The number of hydrogen-bond donors (Lipinski definition) is 0. The molecule has 1 aromatic rings. The van der Waals surface area contributed by atoms with Gasteiger partial charge in [-0.2, -0.15) is 0 Å². The second-order valence-corrected chi connectivity index (χ2v) is 10.2. The molecule has 0 aromatic heterocycles. The number of ether oxygens (including phenoxy) is 1. The Morgan fingerprint density at radius 3 is 2.50 bits per heavy atom. The van der Waals surface area contributed by atoms with Crippen LogP contribution >= 0.6 is 11.6 Å². The zero-order chi connectivity index (χ0) is 17.9. The Balaban J connectivity index is 1.79. The van der Waals surface area contributed by atoms with E-state index >= 15 is 0 Å². The van der Waals surface area contributed by atoms with E-state index in [1.165, 1.54) is 24.6 Å². The van der Waals surface area contributed by atoms with E-state index < -0.39 is 15.8 Å². The van der Waals surface area contributed by atoms with E-state index in [1.807, 2.05) is 0 Å². The van der Waals surface area contributed by atoms with Crippen LogP contribution < -0.4 is 0 Å². The molecule has 0 N–H and O–H groups in total. The van der Waals surface area contributed by atoms with Crippen LogP contribution in [0.5, 0.6) is 0 Å². The van der Waals surface area contributed by atoms with Crippen LogP contribution in [0.25, 0.3) is 0 Å². The van der Waals surface area contributed by atoms with Crippen molar-refractivity contribution in [3.8, 4) is 0 Å². The summed E-state index contributed by atoms with van der Waals surface area (Å²) in [7, 11) is -3.40. The molecular formula is C18H23ClO4S. The molecule has 4 atom stereocenters. The van der Waals surface area contributed by atoms with Crippen LogP contribution in [0.4, 0.5) is 0 Å². The lowest BCUT2D eigenvalue weighted by molar-refractivity contribution is -0.156. The minimum absolute atomic E-state index is 0.0690. The number of benzene rings is 1. The van der Waals surface area contributed by atoms with E-state index in [1.54, 1.807) is 0 Å². The Morgan fingerprint density at radius 1 is 1.29 bits per heavy atom. The predicted molar refractivity (Wildman–Crippen MR) is 92.9 cm³/mol. The van der Waals surface area contributed by atoms with Gasteiger partial charge < -0.3 is 4.74 Å². The van der Waals surface area contributed by atoms with E-state index in [9.17, 15) is 13.2 Å². The molecule has 2 bridgehead atoms. The van der Waals surface area contributed by atoms with E-state index in [0.29, 0.717) is 23.2 Å². The third-order valence-corrected chi connectivity index (χ3v) is 7.57. The maximum absolute atomic E-state index is 12.5. The average molecular weight is 371 g/mol. The molecule has 0 radical (unpaired) electrons. The van der Waals surface area contributed by atoms with Crippen LogP contribution in [0.3, 0.4) is 0 Å². The van der Waals surface area contributed by atoms with Crippen LogP contribution in [0.15, 0.2) is 23.1 Å². The Labute approximate surface area is 148 Å². The Hall–Kier alpha value is -1.07. The van der Waals surface area contributed by atoms with Crippen LogP contribution in [-0.4, -0.2) is 26.7 Å². The van der Waals surface area contributed by atoms with Crippen molar-refractivity contribution in [2.45, 2.75) is 44.6 Å². The number of carbonyl (C=O) groups is 1. The van der Waals surface area contributed by atoms with Gasteiger partial charge in [0.1, 0.15) is 6.10 Å². The first kappa shape index (κ1) is 17.7. The summed E-state index contributed by atoms with van der Waals surface area (Å²) in [5.41, 5.74) is 0.432. The van der Waals surface area contributed by atoms with Gasteiger partial charge in [0.05, 0.1) is 15.5 Å². The molecule has 0 spiro atoms. The van der Waals surface area contributed by atoms with Gasteiger partial charge >= 0.3 is 5.97 Å². The molecule has 4 nitrogen and oxygen atoms in total. The molecule has 132 valence electrons. The van der Waals surface area contributed by atoms with Gasteiger partial charge in [-0.25, -0.2) is 13.2 Å². The fraction of sp³-hybridized carbons (Fsp3) is 0.611. The number of fused-ring (bicyclic) bond motifs is 2. The summed E-state index contributed by atoms with van der Waals surface area (Å²) < 4.78 is 29.1. The molecule has 4 unspecified atom stereocenters. The topological polar surface area (TPSA) is 60.4 Å². The second kappa shape index (κ2) is 5.73. The SMILES string of the molecule is CC1C(OC(=O)c2cc(S(C)(=O)=O)ccc2Cl)CC2CC1C2(C)C. The molecule has 0 amide bonds. The molecule has 1 aromatic carbocycles. The fourth-order valence-corrected chi connectivity index (χ4v) is 5.19. The predicted octanol–water partition coefficient (Wildman–Crippen LogP) is 3.97. The first-order chi connectivity index (χ1) is 11.0. The van der Waals surface area contributed by atoms with Crippen LogP contribution in [0.1, 0.15) is 44.0 Å². The van der Waals surface area contributed by atoms with E-state index in [-0.39, 0.29) is 21.6 Å². The molecule has 3 fully saturated rings. The van der Waals surface area contributed by atoms with Gasteiger partial charge in [-0.05, 0) is 54.2 Å². The smallest absolute Gasteiger partial charge is 0.339 e. The highest BCUT2D eigenvalue weighted by Crippen LogP contribution is 2.61. The molecule has 0 heterocycles. The van der Waals surface area contributed by atoms with E-state index in [2.05, 4.69) is 20.8 Å². The van der Waals surface area contributed by atoms with Gasteiger partial charge in [0.15, 0.2) is 9.84 Å². The van der Waals surface area contributed by atoms with Crippen LogP contribution in [0, 0.1) is 23.2 Å². The van der Waals surface area contributed by atoms with Crippen molar-refractivity contribution in [2.24, 2.45) is 23.2 Å². The standard InChI is InChI=1S/C18H23ClO4S/c1-10-14-7-11(18(14,2)3)8-16(10)23-17(20)13-9-12(24(4,21)22)5-6-15(13)19/h5-6,9-11,14,16H,7-8H2,1-4H3. The van der Waals surface area contributed by atoms with Crippen LogP contribution in [-0.2, 0) is 14.6 Å². The number of rotatable bonds is 3. The summed E-state index contributed by atoms with van der Waals surface area (Å²) in [5.74, 6) is 0.897. The number of hydrogen-bond acceptors (Lipinski definition) is 4. The average Bonchev–Trinajstić information content (AvgIpc) is 2.47. The van der Waals surface area contributed by atoms with Crippen molar-refractivity contribution >= 4 is 27.4 Å². The molecule has 3 saturated carbocycles. The maximum atomic E-state index is 12.5. The fourth-order valence-electron chi connectivity index (χ4n) is 4.35. The van der Waals surface area contributed by atoms with E-state index in [0.717, 1.165) is 12.7 Å². The molecule has 3 aliphatic rings. The Morgan fingerprint density at radius 2 is 1.96 bits per heavy atom. The third-order valence-electron chi connectivity index (χ3n) is 6.13. The molecule has 0 saturated heterocycles. The Kier molecular flexibility index (Phi) is 4.24. The molecule has 3 aliphatic carbocycles. The quantitative estimate of drug-likeness (QED) is 0.755. The monoisotopic (exact) mass is 370 g/mol. The van der Waals surface area contributed by atoms with Crippen molar-refractivity contribution in [1.82, 2.24) is 0 Å². The number of carbonyl (C=O) groups excluding carboxylic acids is 1. The largest absolute Gasteiger partial charge is 0.458 e. The summed E-state index contributed by atoms with van der Waals surface area (Å²) >= 11 is 6.08. The number of halogens is 1. The first-order valence-electron chi connectivity index (χ1n) is 8.22. The lowest BCUT2D eigenvalue weighted by Crippen LogP contribution is -2.57. The zero-order valence-electron chi connectivity index (χ0n) is 14.4. The minimum Gasteiger partial charge on any atom is -0.458 e. The van der Waals surface area contributed by atoms with Crippen molar-refractivity contribution in [3.63, 3.8) is 0 Å². The van der Waals surface area contributed by atoms with Gasteiger partial charge in [0.25, 0.3) is 0 Å². The number of esters is 1. The second-order valence-electron chi connectivity index (χ2n) is 7.81. The summed E-state index contributed by atoms with van der Waals surface area (Å²) in [4.78, 5) is 12.6. The number of sulfone groups is 1. The molecular weight excluding hydrogens is 348 g/mol. The highest BCUT2D eigenvalue weighted by molar-refractivity contribution is 7.90. The minimum atomic E-state index is -3.40.